The molecule has 23 heteroatoms. The summed E-state index contributed by atoms with van der Waals surface area (Å²) in [7, 11) is 0. The first kappa shape index (κ1) is 46.5. The number of nitrogens with two attached hydrogens (primary N) is 3. The average molecular weight is 805 g/mol. The van der Waals surface area contributed by atoms with Gasteiger partial charge in [0.1, 0.15) is 30.2 Å². The van der Waals surface area contributed by atoms with E-state index in [0.29, 0.717) is 12.0 Å². The van der Waals surface area contributed by atoms with Crippen LogP contribution in [-0.2, 0) is 59.2 Å². The molecule has 0 spiro atoms. The molecule has 57 heavy (non-hydrogen) atoms. The van der Waals surface area contributed by atoms with E-state index in [1.54, 1.807) is 30.3 Å². The second kappa shape index (κ2) is 22.7. The molecule has 1 aromatic carbocycles. The summed E-state index contributed by atoms with van der Waals surface area (Å²) < 4.78 is 0. The number of carbonyl (C=O) groups excluding carboxylic acids is 9. The molecule has 1 fully saturated rings. The number of carboxylic acids is 2. The van der Waals surface area contributed by atoms with Crippen LogP contribution < -0.4 is 49.1 Å². The number of hydrogen-bond acceptors (Lipinski definition) is 12. The maximum atomic E-state index is 13.7. The zero-order valence-electron chi connectivity index (χ0n) is 31.0. The van der Waals surface area contributed by atoms with Crippen molar-refractivity contribution in [1.29, 1.82) is 0 Å². The molecule has 312 valence electrons. The Balaban J connectivity index is 2.18. The smallest absolute Gasteiger partial charge is 0.326 e. The highest BCUT2D eigenvalue weighted by Gasteiger charge is 2.39. The first-order chi connectivity index (χ1) is 26.8. The Morgan fingerprint density at radius 3 is 1.89 bits per heavy atom. The summed E-state index contributed by atoms with van der Waals surface area (Å²) in [5.41, 5.74) is 16.4. The molecule has 6 atom stereocenters. The molecule has 0 aliphatic carbocycles. The van der Waals surface area contributed by atoms with Crippen LogP contribution in [-0.4, -0.2) is 136 Å². The quantitative estimate of drug-likeness (QED) is 0.0492. The van der Waals surface area contributed by atoms with Gasteiger partial charge in [0.15, 0.2) is 0 Å². The Morgan fingerprint density at radius 2 is 1.32 bits per heavy atom. The number of nitrogens with zero attached hydrogens (tertiary/aromatic N) is 1. The van der Waals surface area contributed by atoms with Crippen LogP contribution in [0.2, 0.25) is 0 Å². The van der Waals surface area contributed by atoms with Crippen LogP contribution in [0.4, 0.5) is 0 Å². The Kier molecular flexibility index (Phi) is 18.5. The number of hydrogen-bond donors (Lipinski definition) is 11. The van der Waals surface area contributed by atoms with Crippen molar-refractivity contribution in [1.82, 2.24) is 36.8 Å². The van der Waals surface area contributed by atoms with Gasteiger partial charge in [-0.1, -0.05) is 30.3 Å². The van der Waals surface area contributed by atoms with E-state index in [2.05, 4.69) is 31.9 Å². The Morgan fingerprint density at radius 1 is 0.719 bits per heavy atom. The lowest BCUT2D eigenvalue weighted by Gasteiger charge is -2.28. The molecule has 1 aliphatic rings. The minimum Gasteiger partial charge on any atom is -0.481 e. The number of carboxylic acid groups (broad SMARTS) is 2. The maximum absolute atomic E-state index is 13.7. The Hall–Kier alpha value is -6.65. The fourth-order valence-electron chi connectivity index (χ4n) is 5.51. The molecule has 1 heterocycles. The second-order valence-electron chi connectivity index (χ2n) is 13.1. The fraction of sp³-hybridized carbons (Fsp3) is 0.500. The topological polar surface area (TPSA) is 382 Å². The molecule has 23 nitrogen and oxygen atoms in total. The molecule has 2 rings (SSSR count). The van der Waals surface area contributed by atoms with Gasteiger partial charge in [-0.2, -0.15) is 0 Å². The standard InChI is InChI=1S/C34H48N10O13/c1-17(35)29(51)41-21(13-25(37)46)30(52)39-15-26(47)38-16-27(48)40-19(9-10-24(36)45)31(53)42-20(12-18-6-3-2-4-7-18)32(54)43-22(14-28(49)50)33(55)44-11-5-8-23(44)34(56)57/h2-4,6-7,17,19-23H,5,8-16,35H2,1H3,(H2,36,45)(H2,37,46)(H,38,47)(H,39,52)(H,40,48)(H,41,51)(H,42,53)(H,43,54)(H,49,50)(H,56,57)/t17-,19-,20-,21-,22-,23-/m0/s1. The number of primary amides is 2. The number of rotatable bonds is 23. The van der Waals surface area contributed by atoms with Crippen molar-refractivity contribution < 1.29 is 63.0 Å². The zero-order valence-corrected chi connectivity index (χ0v) is 31.0. The normalized spacial score (nSPS) is 16.0. The number of benzene rings is 1. The molecule has 0 unspecified atom stereocenters. The monoisotopic (exact) mass is 804 g/mol. The average Bonchev–Trinajstić information content (AvgIpc) is 3.64. The molecular weight excluding hydrogens is 756 g/mol. The summed E-state index contributed by atoms with van der Waals surface area (Å²) in [5, 5.41) is 32.7. The van der Waals surface area contributed by atoms with Crippen LogP contribution in [0.5, 0.6) is 0 Å². The van der Waals surface area contributed by atoms with Crippen molar-refractivity contribution in [2.45, 2.75) is 88.1 Å². The van der Waals surface area contributed by atoms with Gasteiger partial charge in [-0.15, -0.1) is 0 Å². The lowest BCUT2D eigenvalue weighted by molar-refractivity contribution is -0.150. The first-order valence-corrected chi connectivity index (χ1v) is 17.6. The van der Waals surface area contributed by atoms with Crippen LogP contribution in [0.15, 0.2) is 30.3 Å². The number of amides is 9. The van der Waals surface area contributed by atoms with Gasteiger partial charge in [0.25, 0.3) is 0 Å². The van der Waals surface area contributed by atoms with Gasteiger partial charge in [0.05, 0.1) is 32.0 Å². The molecule has 9 amide bonds. The van der Waals surface area contributed by atoms with Gasteiger partial charge in [-0.25, -0.2) is 4.79 Å². The Labute approximate surface area is 325 Å². The molecule has 0 aromatic heterocycles. The van der Waals surface area contributed by atoms with Crippen LogP contribution in [0.1, 0.15) is 51.0 Å². The predicted octanol–water partition coefficient (Wildman–Crippen LogP) is -5.56. The van der Waals surface area contributed by atoms with E-state index in [1.807, 2.05) is 0 Å². The minimum atomic E-state index is -1.72. The Bertz CT molecular complexity index is 1690. The van der Waals surface area contributed by atoms with E-state index in [9.17, 15) is 63.0 Å². The lowest BCUT2D eigenvalue weighted by Crippen LogP contribution is -2.59. The lowest BCUT2D eigenvalue weighted by atomic mass is 10.0. The highest BCUT2D eigenvalue weighted by atomic mass is 16.4. The summed E-state index contributed by atoms with van der Waals surface area (Å²) in [5.74, 6) is -11.2. The first-order valence-electron chi connectivity index (χ1n) is 17.6. The van der Waals surface area contributed by atoms with Gasteiger partial charge >= 0.3 is 11.9 Å². The summed E-state index contributed by atoms with van der Waals surface area (Å²) in [4.78, 5) is 138. The maximum Gasteiger partial charge on any atom is 0.326 e. The van der Waals surface area contributed by atoms with E-state index in [0.717, 1.165) is 4.90 Å². The van der Waals surface area contributed by atoms with Gasteiger partial charge < -0.3 is 64.2 Å². The summed E-state index contributed by atoms with van der Waals surface area (Å²) in [6.45, 7) is -0.151. The highest BCUT2D eigenvalue weighted by molar-refractivity contribution is 5.98. The van der Waals surface area contributed by atoms with Crippen molar-refractivity contribution in [3.05, 3.63) is 35.9 Å². The van der Waals surface area contributed by atoms with Crippen molar-refractivity contribution in [3.8, 4) is 0 Å². The summed E-state index contributed by atoms with van der Waals surface area (Å²) >= 11 is 0. The molecule has 0 radical (unpaired) electrons. The third-order valence-corrected chi connectivity index (χ3v) is 8.38. The van der Waals surface area contributed by atoms with Gasteiger partial charge in [-0.05, 0) is 31.7 Å². The van der Waals surface area contributed by atoms with Crippen LogP contribution in [0.25, 0.3) is 0 Å². The minimum absolute atomic E-state index is 0.00794. The molecule has 1 aliphatic heterocycles. The number of nitrogens with one attached hydrogen (secondary N) is 6. The van der Waals surface area contributed by atoms with Crippen LogP contribution in [0.3, 0.4) is 0 Å². The molecule has 14 N–H and O–H groups in total. The third-order valence-electron chi connectivity index (χ3n) is 8.38. The molecular formula is C34H48N10O13. The van der Waals surface area contributed by atoms with E-state index in [1.165, 1.54) is 6.92 Å². The SMILES string of the molecule is C[C@H](N)C(=O)N[C@@H](CC(N)=O)C(=O)NCC(=O)NCC(=O)N[C@@H](CCC(N)=O)C(=O)N[C@@H](Cc1ccccc1)C(=O)N[C@@H](CC(=O)O)C(=O)N1CCC[C@H]1C(=O)O. The van der Waals surface area contributed by atoms with Gasteiger partial charge in [-0.3, -0.25) is 47.9 Å². The van der Waals surface area contributed by atoms with E-state index >= 15 is 0 Å². The number of likely N-dealkylation sites (tertiary alicyclic amines) is 1. The fourth-order valence-corrected chi connectivity index (χ4v) is 5.51. The second-order valence-corrected chi connectivity index (χ2v) is 13.1. The zero-order chi connectivity index (χ0) is 42.8. The van der Waals surface area contributed by atoms with Crippen molar-refractivity contribution in [2.75, 3.05) is 19.6 Å². The number of aliphatic carboxylic acids is 2. The van der Waals surface area contributed by atoms with Gasteiger partial charge in [0.2, 0.25) is 53.2 Å². The summed E-state index contributed by atoms with van der Waals surface area (Å²) in [6, 6.07) is -0.298. The highest BCUT2D eigenvalue weighted by Crippen LogP contribution is 2.19. The number of carbonyl (C=O) groups is 11. The molecule has 0 saturated carbocycles. The van der Waals surface area contributed by atoms with E-state index in [4.69, 9.17) is 17.2 Å². The van der Waals surface area contributed by atoms with E-state index < -0.39 is 134 Å². The third kappa shape index (κ3) is 16.3. The molecule has 1 saturated heterocycles. The van der Waals surface area contributed by atoms with Crippen LogP contribution >= 0.6 is 0 Å². The van der Waals surface area contributed by atoms with Crippen molar-refractivity contribution in [2.24, 2.45) is 17.2 Å². The largest absolute Gasteiger partial charge is 0.481 e. The predicted molar refractivity (Wildman–Crippen MR) is 194 cm³/mol. The summed E-state index contributed by atoms with van der Waals surface area (Å²) in [6.07, 6.45) is -2.08. The van der Waals surface area contributed by atoms with Crippen molar-refractivity contribution >= 4 is 65.1 Å². The van der Waals surface area contributed by atoms with Crippen molar-refractivity contribution in [3.63, 3.8) is 0 Å². The molecule has 0 bridgehead atoms. The molecule has 1 aromatic rings. The van der Waals surface area contributed by atoms with Gasteiger partial charge in [0, 0.05) is 19.4 Å². The van der Waals surface area contributed by atoms with Crippen LogP contribution in [0, 0.1) is 0 Å². The van der Waals surface area contributed by atoms with E-state index in [-0.39, 0.29) is 25.8 Å².